The summed E-state index contributed by atoms with van der Waals surface area (Å²) in [7, 11) is -4.69. The van der Waals surface area contributed by atoms with Gasteiger partial charge in [0, 0.05) is 18.3 Å². The number of nitro benzene ring substituents is 1. The van der Waals surface area contributed by atoms with Crippen molar-refractivity contribution in [1.29, 1.82) is 0 Å². The van der Waals surface area contributed by atoms with E-state index in [1.807, 2.05) is 0 Å². The fourth-order valence-electron chi connectivity index (χ4n) is 1.29. The number of nitrogens with zero attached hydrogens (tertiary/aromatic N) is 1. The van der Waals surface area contributed by atoms with Crippen molar-refractivity contribution in [1.82, 2.24) is 0 Å². The summed E-state index contributed by atoms with van der Waals surface area (Å²) in [6.07, 6.45) is -1.06. The van der Waals surface area contributed by atoms with Crippen LogP contribution in [-0.2, 0) is 10.1 Å². The van der Waals surface area contributed by atoms with Crippen molar-refractivity contribution in [3.8, 4) is 0 Å². The number of nitro groups is 1. The maximum absolute atomic E-state index is 10.9. The highest BCUT2D eigenvalue weighted by Crippen LogP contribution is 2.26. The second kappa shape index (κ2) is 5.93. The molecule has 19 heavy (non-hydrogen) atoms. The normalized spacial score (nSPS) is 13.0. The topological polar surface area (TPSA) is 150 Å². The number of hydrogen-bond donors (Lipinski definition) is 4. The zero-order valence-electron chi connectivity index (χ0n) is 9.55. The molecule has 0 amide bonds. The van der Waals surface area contributed by atoms with E-state index in [-0.39, 0.29) is 12.2 Å². The van der Waals surface area contributed by atoms with Gasteiger partial charge in [-0.05, 0) is 12.1 Å². The molecule has 10 heteroatoms. The Hall–Kier alpha value is -1.75. The van der Waals surface area contributed by atoms with Gasteiger partial charge in [-0.3, -0.25) is 14.7 Å². The van der Waals surface area contributed by atoms with Crippen molar-refractivity contribution < 1.29 is 28.1 Å². The number of benzene rings is 1. The Morgan fingerprint density at radius 3 is 2.53 bits per heavy atom. The van der Waals surface area contributed by atoms with Crippen LogP contribution in [0.2, 0.25) is 0 Å². The largest absolute Gasteiger partial charge is 0.394 e. The Kier molecular flexibility index (Phi) is 4.78. The number of aliphatic hydroxyl groups is 2. The van der Waals surface area contributed by atoms with E-state index in [4.69, 9.17) is 14.8 Å². The summed E-state index contributed by atoms with van der Waals surface area (Å²) >= 11 is 0. The molecule has 0 aliphatic carbocycles. The highest BCUT2D eigenvalue weighted by molar-refractivity contribution is 7.86. The highest BCUT2D eigenvalue weighted by atomic mass is 32.2. The van der Waals surface area contributed by atoms with Crippen LogP contribution in [-0.4, -0.2) is 47.4 Å². The molecule has 0 aromatic heterocycles. The summed E-state index contributed by atoms with van der Waals surface area (Å²) in [5.74, 6) is 0. The van der Waals surface area contributed by atoms with Crippen molar-refractivity contribution in [3.63, 3.8) is 0 Å². The fourth-order valence-corrected chi connectivity index (χ4v) is 1.93. The van der Waals surface area contributed by atoms with Crippen LogP contribution in [0.25, 0.3) is 0 Å². The molecule has 4 N–H and O–H groups in total. The number of rotatable bonds is 6. The molecule has 0 aliphatic rings. The lowest BCUT2D eigenvalue weighted by molar-refractivity contribution is -0.387. The lowest BCUT2D eigenvalue weighted by Crippen LogP contribution is -2.23. The van der Waals surface area contributed by atoms with E-state index in [2.05, 4.69) is 5.32 Å². The van der Waals surface area contributed by atoms with Crippen LogP contribution in [0.5, 0.6) is 0 Å². The third-order valence-electron chi connectivity index (χ3n) is 2.19. The smallest absolute Gasteiger partial charge is 0.301 e. The Bertz CT molecular complexity index is 572. The van der Waals surface area contributed by atoms with Crippen LogP contribution in [0.4, 0.5) is 11.4 Å². The van der Waals surface area contributed by atoms with Gasteiger partial charge in [0.1, 0.15) is 0 Å². The molecule has 0 saturated carbocycles. The number of anilines is 1. The second-order valence-corrected chi connectivity index (χ2v) is 5.02. The van der Waals surface area contributed by atoms with Gasteiger partial charge >= 0.3 is 10.1 Å². The van der Waals surface area contributed by atoms with Crippen LogP contribution >= 0.6 is 0 Å². The van der Waals surface area contributed by atoms with E-state index in [1.165, 1.54) is 6.07 Å². The average Bonchev–Trinajstić information content (AvgIpc) is 2.34. The van der Waals surface area contributed by atoms with E-state index in [1.54, 1.807) is 0 Å². The monoisotopic (exact) mass is 292 g/mol. The van der Waals surface area contributed by atoms with Crippen molar-refractivity contribution in [2.75, 3.05) is 18.5 Å². The molecular formula is C9H12N2O7S. The average molecular weight is 292 g/mol. The molecular weight excluding hydrogens is 280 g/mol. The summed E-state index contributed by atoms with van der Waals surface area (Å²) in [6, 6.07) is 2.98. The Balaban J connectivity index is 3.07. The molecule has 1 unspecified atom stereocenters. The second-order valence-electron chi connectivity index (χ2n) is 3.63. The summed E-state index contributed by atoms with van der Waals surface area (Å²) in [4.78, 5) is 8.97. The van der Waals surface area contributed by atoms with Crippen molar-refractivity contribution in [3.05, 3.63) is 28.3 Å². The zero-order valence-corrected chi connectivity index (χ0v) is 10.4. The first-order valence-corrected chi connectivity index (χ1v) is 6.48. The molecule has 0 heterocycles. The lowest BCUT2D eigenvalue weighted by atomic mass is 10.2. The van der Waals surface area contributed by atoms with Gasteiger partial charge in [0.2, 0.25) is 0 Å². The van der Waals surface area contributed by atoms with E-state index in [0.29, 0.717) is 0 Å². The van der Waals surface area contributed by atoms with Crippen molar-refractivity contribution in [2.24, 2.45) is 0 Å². The molecule has 9 nitrogen and oxygen atoms in total. The molecule has 0 fully saturated rings. The van der Waals surface area contributed by atoms with Crippen molar-refractivity contribution >= 4 is 21.5 Å². The molecule has 0 radical (unpaired) electrons. The molecule has 1 aromatic carbocycles. The summed E-state index contributed by atoms with van der Waals surface area (Å²) in [5, 5.41) is 31.0. The standard InChI is InChI=1S/C9H12N2O7S/c12-5-7(13)4-10-6-1-2-9(19(16,17)18)8(3-6)11(14)15/h1-3,7,10,12-13H,4-5H2,(H,16,17,18). The first-order chi connectivity index (χ1) is 8.75. The maximum atomic E-state index is 10.9. The minimum Gasteiger partial charge on any atom is -0.394 e. The van der Waals surface area contributed by atoms with Gasteiger partial charge in [-0.1, -0.05) is 0 Å². The predicted molar refractivity (Wildman–Crippen MR) is 64.5 cm³/mol. The summed E-state index contributed by atoms with van der Waals surface area (Å²) in [5.41, 5.74) is -0.613. The molecule has 1 aromatic rings. The van der Waals surface area contributed by atoms with Crippen LogP contribution in [0, 0.1) is 10.1 Å². The van der Waals surface area contributed by atoms with E-state index < -0.39 is 38.3 Å². The van der Waals surface area contributed by atoms with Gasteiger partial charge in [0.15, 0.2) is 4.90 Å². The van der Waals surface area contributed by atoms with Gasteiger partial charge in [-0.2, -0.15) is 8.42 Å². The van der Waals surface area contributed by atoms with Gasteiger partial charge in [0.25, 0.3) is 5.69 Å². The highest BCUT2D eigenvalue weighted by Gasteiger charge is 2.24. The van der Waals surface area contributed by atoms with Crippen LogP contribution in [0.15, 0.2) is 23.1 Å². The Morgan fingerprint density at radius 2 is 2.05 bits per heavy atom. The third kappa shape index (κ3) is 4.13. The molecule has 0 aliphatic heterocycles. The van der Waals surface area contributed by atoms with Gasteiger partial charge in [0.05, 0.1) is 17.6 Å². The summed E-state index contributed by atoms with van der Waals surface area (Å²) < 4.78 is 30.7. The Labute approximate surface area is 108 Å². The minimum absolute atomic E-state index is 0.0706. The molecule has 0 spiro atoms. The molecule has 1 atom stereocenters. The predicted octanol–water partition coefficient (Wildman–Crippen LogP) is -0.393. The molecule has 106 valence electrons. The Morgan fingerprint density at radius 1 is 1.42 bits per heavy atom. The zero-order chi connectivity index (χ0) is 14.6. The quantitative estimate of drug-likeness (QED) is 0.314. The minimum atomic E-state index is -4.69. The van der Waals surface area contributed by atoms with Crippen LogP contribution < -0.4 is 5.32 Å². The number of aliphatic hydroxyl groups excluding tert-OH is 2. The van der Waals surface area contributed by atoms with E-state index >= 15 is 0 Å². The first kappa shape index (κ1) is 15.3. The molecule has 0 saturated heterocycles. The number of nitrogens with one attached hydrogen (secondary N) is 1. The molecule has 1 rings (SSSR count). The first-order valence-electron chi connectivity index (χ1n) is 5.04. The van der Waals surface area contributed by atoms with Crippen molar-refractivity contribution in [2.45, 2.75) is 11.0 Å². The maximum Gasteiger partial charge on any atom is 0.301 e. The van der Waals surface area contributed by atoms with Crippen LogP contribution in [0.3, 0.4) is 0 Å². The third-order valence-corrected chi connectivity index (χ3v) is 3.09. The van der Waals surface area contributed by atoms with Gasteiger partial charge in [-0.25, -0.2) is 0 Å². The SMILES string of the molecule is O=[N+]([O-])c1cc(NCC(O)CO)ccc1S(=O)(=O)O. The van der Waals surface area contributed by atoms with E-state index in [9.17, 15) is 18.5 Å². The van der Waals surface area contributed by atoms with Gasteiger partial charge in [-0.15, -0.1) is 0 Å². The fraction of sp³-hybridized carbons (Fsp3) is 0.333. The van der Waals surface area contributed by atoms with E-state index in [0.717, 1.165) is 12.1 Å². The van der Waals surface area contributed by atoms with Crippen LogP contribution in [0.1, 0.15) is 0 Å². The number of hydrogen-bond acceptors (Lipinski definition) is 7. The summed E-state index contributed by atoms with van der Waals surface area (Å²) in [6.45, 7) is -0.558. The molecule has 0 bridgehead atoms. The van der Waals surface area contributed by atoms with Gasteiger partial charge < -0.3 is 15.5 Å². The lowest BCUT2D eigenvalue weighted by Gasteiger charge is -2.10.